The van der Waals surface area contributed by atoms with Crippen molar-refractivity contribution in [2.75, 3.05) is 45.5 Å². The number of pyridine rings is 1. The molecule has 1 N–H and O–H groups in total. The summed E-state index contributed by atoms with van der Waals surface area (Å²) in [5, 5.41) is 4.15. The van der Waals surface area contributed by atoms with E-state index in [0.29, 0.717) is 49.2 Å². The minimum Gasteiger partial charge on any atom is -0.355 e. The first-order valence-electron chi connectivity index (χ1n) is 9.63. The standard InChI is InChI=1S/C20H25ClN4O3S2/c1-24-9-11-25(12-10-24)30(27,28)18-5-6-20(23-14-18)29-15-19(26)22-8-7-16-3-2-4-17(21)13-16/h2-6,13-14H,7-12,15H2,1H3,(H,22,26). The fourth-order valence-electron chi connectivity index (χ4n) is 3.01. The minimum atomic E-state index is -3.53. The molecule has 1 amide bonds. The molecule has 30 heavy (non-hydrogen) atoms. The quantitative estimate of drug-likeness (QED) is 0.597. The number of hydrogen-bond acceptors (Lipinski definition) is 6. The van der Waals surface area contributed by atoms with Gasteiger partial charge in [0.15, 0.2) is 0 Å². The van der Waals surface area contributed by atoms with E-state index < -0.39 is 10.0 Å². The van der Waals surface area contributed by atoms with Gasteiger partial charge in [0.2, 0.25) is 15.9 Å². The Labute approximate surface area is 186 Å². The molecule has 10 heteroatoms. The zero-order chi connectivity index (χ0) is 21.6. The Morgan fingerprint density at radius 2 is 1.97 bits per heavy atom. The molecular weight excluding hydrogens is 444 g/mol. The SMILES string of the molecule is CN1CCN(S(=O)(=O)c2ccc(SCC(=O)NCCc3cccc(Cl)c3)nc2)CC1. The summed E-state index contributed by atoms with van der Waals surface area (Å²) in [6.07, 6.45) is 2.07. The van der Waals surface area contributed by atoms with Crippen molar-refractivity contribution in [1.29, 1.82) is 0 Å². The van der Waals surface area contributed by atoms with E-state index in [1.54, 1.807) is 12.1 Å². The predicted molar refractivity (Wildman–Crippen MR) is 119 cm³/mol. The van der Waals surface area contributed by atoms with Crippen molar-refractivity contribution in [3.05, 3.63) is 53.2 Å². The van der Waals surface area contributed by atoms with E-state index in [2.05, 4.69) is 15.2 Å². The molecule has 0 aliphatic carbocycles. The third-order valence-electron chi connectivity index (χ3n) is 4.79. The lowest BCUT2D eigenvalue weighted by atomic mass is 10.1. The molecule has 162 valence electrons. The van der Waals surface area contributed by atoms with Crippen LogP contribution in [0.15, 0.2) is 52.5 Å². The van der Waals surface area contributed by atoms with E-state index in [4.69, 9.17) is 11.6 Å². The fourth-order valence-corrected chi connectivity index (χ4v) is 5.26. The summed E-state index contributed by atoms with van der Waals surface area (Å²) in [4.78, 5) is 18.5. The van der Waals surface area contributed by atoms with Crippen molar-refractivity contribution in [2.45, 2.75) is 16.3 Å². The van der Waals surface area contributed by atoms with Crippen LogP contribution in [0.3, 0.4) is 0 Å². The van der Waals surface area contributed by atoms with Crippen LogP contribution in [0.1, 0.15) is 5.56 Å². The number of halogens is 1. The van der Waals surface area contributed by atoms with Crippen LogP contribution in [0, 0.1) is 0 Å². The number of nitrogens with zero attached hydrogens (tertiary/aromatic N) is 3. The maximum absolute atomic E-state index is 12.7. The molecule has 2 aromatic rings. The molecule has 0 unspecified atom stereocenters. The Kier molecular flexibility index (Phi) is 8.13. The predicted octanol–water partition coefficient (Wildman–Crippen LogP) is 2.12. The van der Waals surface area contributed by atoms with Gasteiger partial charge in [-0.1, -0.05) is 35.5 Å². The maximum Gasteiger partial charge on any atom is 0.244 e. The van der Waals surface area contributed by atoms with Gasteiger partial charge in [-0.25, -0.2) is 13.4 Å². The molecule has 0 saturated carbocycles. The molecule has 0 radical (unpaired) electrons. The zero-order valence-corrected chi connectivity index (χ0v) is 19.1. The van der Waals surface area contributed by atoms with Crippen LogP contribution < -0.4 is 5.32 Å². The highest BCUT2D eigenvalue weighted by Crippen LogP contribution is 2.20. The number of aromatic nitrogens is 1. The number of rotatable bonds is 8. The number of piperazine rings is 1. The van der Waals surface area contributed by atoms with E-state index >= 15 is 0 Å². The van der Waals surface area contributed by atoms with Gasteiger partial charge in [-0.2, -0.15) is 4.31 Å². The van der Waals surface area contributed by atoms with E-state index in [1.165, 1.54) is 22.3 Å². The zero-order valence-electron chi connectivity index (χ0n) is 16.8. The molecule has 1 aliphatic rings. The van der Waals surface area contributed by atoms with Crippen molar-refractivity contribution in [3.8, 4) is 0 Å². The first-order chi connectivity index (χ1) is 14.3. The van der Waals surface area contributed by atoms with E-state index in [9.17, 15) is 13.2 Å². The number of amides is 1. The number of benzene rings is 1. The molecule has 2 heterocycles. The van der Waals surface area contributed by atoms with Crippen LogP contribution in [0.25, 0.3) is 0 Å². The van der Waals surface area contributed by atoms with Crippen LogP contribution in [-0.2, 0) is 21.2 Å². The fraction of sp³-hybridized carbons (Fsp3) is 0.400. The highest BCUT2D eigenvalue weighted by molar-refractivity contribution is 7.99. The summed E-state index contributed by atoms with van der Waals surface area (Å²) >= 11 is 7.23. The third kappa shape index (κ3) is 6.42. The molecule has 0 atom stereocenters. The monoisotopic (exact) mass is 468 g/mol. The summed E-state index contributed by atoms with van der Waals surface area (Å²) in [6.45, 7) is 2.91. The number of sulfonamides is 1. The van der Waals surface area contributed by atoms with Gasteiger partial charge < -0.3 is 10.2 Å². The van der Waals surface area contributed by atoms with Gasteiger partial charge in [-0.15, -0.1) is 0 Å². The molecule has 3 rings (SSSR count). The van der Waals surface area contributed by atoms with Crippen LogP contribution in [0.5, 0.6) is 0 Å². The van der Waals surface area contributed by atoms with Crippen LogP contribution >= 0.6 is 23.4 Å². The smallest absolute Gasteiger partial charge is 0.244 e. The summed E-state index contributed by atoms with van der Waals surface area (Å²) in [6, 6.07) is 10.7. The molecule has 1 aliphatic heterocycles. The van der Waals surface area contributed by atoms with Crippen molar-refractivity contribution in [2.24, 2.45) is 0 Å². The Hall–Kier alpha value is -1.65. The first-order valence-corrected chi connectivity index (χ1v) is 12.4. The summed E-state index contributed by atoms with van der Waals surface area (Å²) in [7, 11) is -1.55. The van der Waals surface area contributed by atoms with E-state index in [1.807, 2.05) is 31.3 Å². The lowest BCUT2D eigenvalue weighted by Gasteiger charge is -2.31. The lowest BCUT2D eigenvalue weighted by molar-refractivity contribution is -0.118. The van der Waals surface area contributed by atoms with Gasteiger partial charge in [0, 0.05) is 43.9 Å². The minimum absolute atomic E-state index is 0.0991. The van der Waals surface area contributed by atoms with Gasteiger partial charge >= 0.3 is 0 Å². The van der Waals surface area contributed by atoms with Gasteiger partial charge in [0.25, 0.3) is 0 Å². The summed E-state index contributed by atoms with van der Waals surface area (Å²) in [5.41, 5.74) is 1.06. The Morgan fingerprint density at radius 1 is 1.20 bits per heavy atom. The molecule has 1 aromatic heterocycles. The van der Waals surface area contributed by atoms with Crippen LogP contribution in [-0.4, -0.2) is 74.0 Å². The molecular formula is C20H25ClN4O3S2. The van der Waals surface area contributed by atoms with Crippen LogP contribution in [0.4, 0.5) is 0 Å². The molecule has 1 aromatic carbocycles. The highest BCUT2D eigenvalue weighted by Gasteiger charge is 2.27. The number of thioether (sulfide) groups is 1. The van der Waals surface area contributed by atoms with Gasteiger partial charge in [0.05, 0.1) is 10.8 Å². The highest BCUT2D eigenvalue weighted by atomic mass is 35.5. The van der Waals surface area contributed by atoms with Gasteiger partial charge in [-0.05, 0) is 43.3 Å². The van der Waals surface area contributed by atoms with Gasteiger partial charge in [-0.3, -0.25) is 4.79 Å². The Bertz CT molecular complexity index is 962. The van der Waals surface area contributed by atoms with Crippen molar-refractivity contribution >= 4 is 39.3 Å². The number of carbonyl (C=O) groups excluding carboxylic acids is 1. The Morgan fingerprint density at radius 3 is 2.63 bits per heavy atom. The normalized spacial score (nSPS) is 15.8. The number of nitrogens with one attached hydrogen (secondary N) is 1. The van der Waals surface area contributed by atoms with E-state index in [0.717, 1.165) is 5.56 Å². The number of carbonyl (C=O) groups is 1. The van der Waals surface area contributed by atoms with Crippen molar-refractivity contribution in [3.63, 3.8) is 0 Å². The maximum atomic E-state index is 12.7. The molecule has 1 fully saturated rings. The molecule has 7 nitrogen and oxygen atoms in total. The molecule has 1 saturated heterocycles. The second-order valence-corrected chi connectivity index (χ2v) is 10.4. The number of hydrogen-bond donors (Lipinski definition) is 1. The van der Waals surface area contributed by atoms with Crippen molar-refractivity contribution < 1.29 is 13.2 Å². The Balaban J connectivity index is 1.45. The molecule has 0 bridgehead atoms. The second kappa shape index (κ2) is 10.6. The van der Waals surface area contributed by atoms with Gasteiger partial charge in [0.1, 0.15) is 4.90 Å². The topological polar surface area (TPSA) is 82.6 Å². The lowest BCUT2D eigenvalue weighted by Crippen LogP contribution is -2.47. The average molecular weight is 469 g/mol. The summed E-state index contributed by atoms with van der Waals surface area (Å²) < 4.78 is 26.9. The summed E-state index contributed by atoms with van der Waals surface area (Å²) in [5.74, 6) is 0.116. The molecule has 0 spiro atoms. The average Bonchev–Trinajstić information content (AvgIpc) is 2.73. The first kappa shape index (κ1) is 23.0. The third-order valence-corrected chi connectivity index (χ3v) is 7.85. The van der Waals surface area contributed by atoms with E-state index in [-0.39, 0.29) is 16.6 Å². The van der Waals surface area contributed by atoms with Crippen molar-refractivity contribution in [1.82, 2.24) is 19.5 Å². The second-order valence-electron chi connectivity index (χ2n) is 7.06. The number of likely N-dealkylation sites (N-methyl/N-ethyl adjacent to an activating group) is 1. The van der Waals surface area contributed by atoms with Crippen LogP contribution in [0.2, 0.25) is 5.02 Å². The largest absolute Gasteiger partial charge is 0.355 e.